The minimum Gasteiger partial charge on any atom is -0.253 e. The normalized spacial score (nSPS) is 16.8. The monoisotopic (exact) mass is 231 g/mol. The summed E-state index contributed by atoms with van der Waals surface area (Å²) in [5.74, 6) is 0. The lowest BCUT2D eigenvalue weighted by atomic mass is 9.72. The summed E-state index contributed by atoms with van der Waals surface area (Å²) in [6, 6.07) is 0. The van der Waals surface area contributed by atoms with Gasteiger partial charge in [0.05, 0.1) is 0 Å². The van der Waals surface area contributed by atoms with Crippen LogP contribution >= 0.6 is 11.9 Å². The lowest BCUT2D eigenvalue weighted by Gasteiger charge is -2.46. The maximum Gasteiger partial charge on any atom is 0.0329 e. The Morgan fingerprint density at radius 1 is 0.933 bits per heavy atom. The second-order valence-electron chi connectivity index (χ2n) is 4.89. The summed E-state index contributed by atoms with van der Waals surface area (Å²) in [7, 11) is 2.20. The van der Waals surface area contributed by atoms with Gasteiger partial charge in [-0.1, -0.05) is 46.6 Å². The summed E-state index contributed by atoms with van der Waals surface area (Å²) in [6.45, 7) is 15.2. The number of rotatable bonds is 7. The fourth-order valence-corrected chi connectivity index (χ4v) is 3.46. The third-order valence-electron chi connectivity index (χ3n) is 4.31. The van der Waals surface area contributed by atoms with Gasteiger partial charge in [-0.2, -0.15) is 0 Å². The molecular formula is C13H29NS. The van der Waals surface area contributed by atoms with Crippen LogP contribution in [0.1, 0.15) is 60.8 Å². The molecule has 0 rings (SSSR count). The molecule has 0 N–H and O–H groups in total. The quantitative estimate of drug-likeness (QED) is 0.590. The molecule has 0 radical (unpaired) electrons. The van der Waals surface area contributed by atoms with E-state index in [9.17, 15) is 0 Å². The lowest BCUT2D eigenvalue weighted by Crippen LogP contribution is -2.42. The molecule has 1 atom stereocenters. The number of hydrogen-bond donors (Lipinski definition) is 0. The Balaban J connectivity index is 4.81. The van der Waals surface area contributed by atoms with E-state index in [2.05, 4.69) is 52.9 Å². The predicted octanol–water partition coefficient (Wildman–Crippen LogP) is 4.58. The highest BCUT2D eigenvalue weighted by atomic mass is 32.2. The highest BCUT2D eigenvalue weighted by Gasteiger charge is 2.42. The van der Waals surface area contributed by atoms with Gasteiger partial charge in [0.1, 0.15) is 0 Å². The third kappa shape index (κ3) is 3.39. The van der Waals surface area contributed by atoms with Gasteiger partial charge in [-0.15, -0.1) is 0 Å². The van der Waals surface area contributed by atoms with Crippen LogP contribution in [0.5, 0.6) is 0 Å². The van der Waals surface area contributed by atoms with Crippen molar-refractivity contribution in [3.05, 3.63) is 0 Å². The Morgan fingerprint density at radius 3 is 1.67 bits per heavy atom. The topological polar surface area (TPSA) is 3.24 Å². The molecule has 0 aromatic carbocycles. The first kappa shape index (κ1) is 15.3. The van der Waals surface area contributed by atoms with Crippen LogP contribution < -0.4 is 0 Å². The zero-order valence-corrected chi connectivity index (χ0v) is 12.5. The highest BCUT2D eigenvalue weighted by Crippen LogP contribution is 2.49. The fraction of sp³-hybridized carbons (Fsp3) is 1.00. The van der Waals surface area contributed by atoms with E-state index in [1.807, 2.05) is 11.9 Å². The molecule has 0 aromatic heterocycles. The van der Waals surface area contributed by atoms with Crippen LogP contribution in [-0.4, -0.2) is 22.6 Å². The van der Waals surface area contributed by atoms with Crippen molar-refractivity contribution in [3.8, 4) is 0 Å². The van der Waals surface area contributed by atoms with Gasteiger partial charge in [0.2, 0.25) is 0 Å². The summed E-state index contributed by atoms with van der Waals surface area (Å²) in [6.07, 6.45) is 3.76. The first-order valence-electron chi connectivity index (χ1n) is 6.29. The first-order chi connectivity index (χ1) is 6.89. The molecule has 0 saturated carbocycles. The molecule has 0 aliphatic carbocycles. The van der Waals surface area contributed by atoms with Gasteiger partial charge < -0.3 is 0 Å². The zero-order valence-electron chi connectivity index (χ0n) is 11.7. The highest BCUT2D eigenvalue weighted by molar-refractivity contribution is 7.98. The molecule has 15 heavy (non-hydrogen) atoms. The van der Waals surface area contributed by atoms with Crippen molar-refractivity contribution < 1.29 is 0 Å². The minimum absolute atomic E-state index is 0.362. The predicted molar refractivity (Wildman–Crippen MR) is 73.3 cm³/mol. The number of hydrogen-bond acceptors (Lipinski definition) is 2. The molecule has 0 aromatic rings. The molecule has 92 valence electrons. The van der Waals surface area contributed by atoms with Gasteiger partial charge in [0, 0.05) is 11.3 Å². The van der Waals surface area contributed by atoms with Crippen LogP contribution in [0.4, 0.5) is 0 Å². The molecule has 0 aliphatic heterocycles. The van der Waals surface area contributed by atoms with E-state index in [0.717, 1.165) is 6.54 Å². The van der Waals surface area contributed by atoms with E-state index >= 15 is 0 Å². The molecule has 0 bridgehead atoms. The van der Waals surface area contributed by atoms with Gasteiger partial charge in [-0.25, -0.2) is 0 Å². The molecule has 1 nitrogen and oxygen atoms in total. The largest absolute Gasteiger partial charge is 0.253 e. The Hall–Kier alpha value is 0.310. The molecule has 0 amide bonds. The lowest BCUT2D eigenvalue weighted by molar-refractivity contribution is 0.206. The SMILES string of the molecule is CCN(C)SC(C)(CC)C(C)(CC)CC. The van der Waals surface area contributed by atoms with E-state index in [0.29, 0.717) is 10.2 Å². The minimum atomic E-state index is 0.362. The summed E-state index contributed by atoms with van der Waals surface area (Å²) in [5.41, 5.74) is 0.440. The summed E-state index contributed by atoms with van der Waals surface area (Å²) in [4.78, 5) is 0. The fourth-order valence-electron chi connectivity index (χ4n) is 2.01. The Bertz CT molecular complexity index is 177. The zero-order chi connectivity index (χ0) is 12.1. The van der Waals surface area contributed by atoms with E-state index in [1.165, 1.54) is 19.3 Å². The summed E-state index contributed by atoms with van der Waals surface area (Å²) in [5, 5.41) is 0. The van der Waals surface area contributed by atoms with Gasteiger partial charge in [-0.05, 0) is 38.6 Å². The number of nitrogens with zero attached hydrogens (tertiary/aromatic N) is 1. The van der Waals surface area contributed by atoms with Crippen molar-refractivity contribution in [1.82, 2.24) is 4.31 Å². The van der Waals surface area contributed by atoms with E-state index < -0.39 is 0 Å². The van der Waals surface area contributed by atoms with Crippen LogP contribution in [0.3, 0.4) is 0 Å². The van der Waals surface area contributed by atoms with Gasteiger partial charge in [0.25, 0.3) is 0 Å². The molecule has 0 saturated heterocycles. The van der Waals surface area contributed by atoms with E-state index in [4.69, 9.17) is 0 Å². The molecular weight excluding hydrogens is 202 g/mol. The van der Waals surface area contributed by atoms with Crippen molar-refractivity contribution in [1.29, 1.82) is 0 Å². The van der Waals surface area contributed by atoms with Crippen molar-refractivity contribution in [2.45, 2.75) is 65.6 Å². The maximum absolute atomic E-state index is 2.44. The molecule has 0 aliphatic rings. The summed E-state index contributed by atoms with van der Waals surface area (Å²) >= 11 is 2.04. The van der Waals surface area contributed by atoms with Crippen molar-refractivity contribution in [2.24, 2.45) is 5.41 Å². The Morgan fingerprint density at radius 2 is 1.40 bits per heavy atom. The van der Waals surface area contributed by atoms with Gasteiger partial charge >= 0.3 is 0 Å². The Labute approximate surface area is 101 Å². The smallest absolute Gasteiger partial charge is 0.0329 e. The molecule has 2 heteroatoms. The van der Waals surface area contributed by atoms with E-state index in [-0.39, 0.29) is 0 Å². The average molecular weight is 231 g/mol. The molecule has 0 fully saturated rings. The molecule has 0 spiro atoms. The van der Waals surface area contributed by atoms with Gasteiger partial charge in [0.15, 0.2) is 0 Å². The second-order valence-corrected chi connectivity index (χ2v) is 6.59. The van der Waals surface area contributed by atoms with Gasteiger partial charge in [-0.3, -0.25) is 4.31 Å². The van der Waals surface area contributed by atoms with Crippen LogP contribution in [-0.2, 0) is 0 Å². The average Bonchev–Trinajstić information content (AvgIpc) is 2.27. The molecule has 0 heterocycles. The maximum atomic E-state index is 2.44. The van der Waals surface area contributed by atoms with Crippen molar-refractivity contribution in [2.75, 3.05) is 13.6 Å². The molecule has 1 unspecified atom stereocenters. The summed E-state index contributed by atoms with van der Waals surface area (Å²) < 4.78 is 2.73. The van der Waals surface area contributed by atoms with E-state index in [1.54, 1.807) is 0 Å². The standard InChI is InChI=1S/C13H29NS/c1-8-12(5,9-2)13(6,10-3)15-14(7)11-4/h8-11H2,1-7H3. The van der Waals surface area contributed by atoms with Crippen LogP contribution in [0.25, 0.3) is 0 Å². The third-order valence-corrected chi connectivity index (χ3v) is 6.07. The van der Waals surface area contributed by atoms with Crippen LogP contribution in [0.2, 0.25) is 0 Å². The van der Waals surface area contributed by atoms with Crippen LogP contribution in [0.15, 0.2) is 0 Å². The first-order valence-corrected chi connectivity index (χ1v) is 7.06. The van der Waals surface area contributed by atoms with Crippen molar-refractivity contribution >= 4 is 11.9 Å². The van der Waals surface area contributed by atoms with Crippen LogP contribution in [0, 0.1) is 5.41 Å². The Kier molecular flexibility index (Phi) is 6.27. The second kappa shape index (κ2) is 6.15. The van der Waals surface area contributed by atoms with Crippen molar-refractivity contribution in [3.63, 3.8) is 0 Å².